The molecule has 1 aliphatic heterocycles. The van der Waals surface area contributed by atoms with E-state index in [0.29, 0.717) is 0 Å². The number of carbonyl (C=O) groups is 5. The summed E-state index contributed by atoms with van der Waals surface area (Å²) in [6.45, 7) is 4.05. The lowest BCUT2D eigenvalue weighted by Crippen LogP contribution is -2.66. The van der Waals surface area contributed by atoms with Gasteiger partial charge in [-0.05, 0) is 0 Å². The van der Waals surface area contributed by atoms with Crippen LogP contribution in [-0.2, 0) is 47.6 Å². The van der Waals surface area contributed by atoms with Crippen LogP contribution in [0.15, 0.2) is 0 Å². The molecule has 1 saturated heterocycles. The number of nitrogens with one attached hydrogen (secondary N) is 1. The maximum atomic E-state index is 11.6. The average molecular weight is 405 g/mol. The lowest BCUT2D eigenvalue weighted by Gasteiger charge is -2.44. The third-order valence-electron chi connectivity index (χ3n) is 3.44. The lowest BCUT2D eigenvalue weighted by molar-refractivity contribution is -0.256. The molecule has 1 aliphatic rings. The molecule has 1 N–H and O–H groups in total. The summed E-state index contributed by atoms with van der Waals surface area (Å²) in [6.07, 6.45) is -7.46. The molecule has 1 fully saturated rings. The monoisotopic (exact) mass is 405 g/mol. The number of methoxy groups -OCH3 is 1. The number of esters is 4. The third kappa shape index (κ3) is 7.02. The molecule has 0 saturated carbocycles. The fourth-order valence-corrected chi connectivity index (χ4v) is 2.52. The van der Waals surface area contributed by atoms with Gasteiger partial charge in [-0.3, -0.25) is 24.5 Å². The van der Waals surface area contributed by atoms with Gasteiger partial charge in [0, 0.05) is 27.7 Å². The van der Waals surface area contributed by atoms with Gasteiger partial charge in [-0.25, -0.2) is 4.79 Å². The molecule has 0 bridgehead atoms. The first-order chi connectivity index (χ1) is 13.0. The summed E-state index contributed by atoms with van der Waals surface area (Å²) in [5, 5.41) is 2.29. The van der Waals surface area contributed by atoms with Crippen molar-refractivity contribution in [3.63, 3.8) is 0 Å². The van der Waals surface area contributed by atoms with Gasteiger partial charge in [-0.1, -0.05) is 0 Å². The number of hydrogen-bond acceptors (Lipinski definition) is 11. The second kappa shape index (κ2) is 10.4. The average Bonchev–Trinajstić information content (AvgIpc) is 2.57. The number of hydrogen-bond donors (Lipinski definition) is 1. The molecular weight excluding hydrogens is 382 g/mol. The summed E-state index contributed by atoms with van der Waals surface area (Å²) in [6, 6.07) is 0. The molecule has 0 unspecified atom stereocenters. The summed E-state index contributed by atoms with van der Waals surface area (Å²) >= 11 is 0. The Morgan fingerprint density at radius 1 is 0.786 bits per heavy atom. The van der Waals surface area contributed by atoms with E-state index < -0.39 is 67.2 Å². The highest BCUT2D eigenvalue weighted by atomic mass is 16.7. The maximum Gasteiger partial charge on any atom is 0.408 e. The summed E-state index contributed by atoms with van der Waals surface area (Å²) in [4.78, 5) is 57.5. The van der Waals surface area contributed by atoms with Crippen LogP contribution < -0.4 is 5.32 Å². The van der Waals surface area contributed by atoms with Crippen molar-refractivity contribution in [1.29, 1.82) is 0 Å². The fraction of sp³-hybridized carbons (Fsp3) is 0.688. The van der Waals surface area contributed by atoms with Crippen molar-refractivity contribution in [3.8, 4) is 0 Å². The maximum absolute atomic E-state index is 11.6. The Kier molecular flexibility index (Phi) is 8.64. The molecule has 0 spiro atoms. The normalized spacial score (nSPS) is 26.4. The largest absolute Gasteiger partial charge is 0.463 e. The van der Waals surface area contributed by atoms with Crippen LogP contribution in [0.5, 0.6) is 0 Å². The predicted octanol–water partition coefficient (Wildman–Crippen LogP) is -0.574. The van der Waals surface area contributed by atoms with Crippen LogP contribution in [0.3, 0.4) is 0 Å². The van der Waals surface area contributed by atoms with Crippen LogP contribution >= 0.6 is 0 Å². The molecule has 28 heavy (non-hydrogen) atoms. The molecule has 5 atom stereocenters. The Bertz CT molecular complexity index is 620. The smallest absolute Gasteiger partial charge is 0.408 e. The van der Waals surface area contributed by atoms with Gasteiger partial charge in [0.1, 0.15) is 12.7 Å². The molecule has 0 radical (unpaired) electrons. The molecule has 1 amide bonds. The first kappa shape index (κ1) is 23.1. The lowest BCUT2D eigenvalue weighted by atomic mass is 9.97. The van der Waals surface area contributed by atoms with Crippen LogP contribution in [-0.4, -0.2) is 74.3 Å². The van der Waals surface area contributed by atoms with Crippen molar-refractivity contribution in [2.24, 2.45) is 0 Å². The van der Waals surface area contributed by atoms with E-state index in [0.717, 1.165) is 34.8 Å². The van der Waals surface area contributed by atoms with Crippen molar-refractivity contribution in [2.45, 2.75) is 58.3 Å². The molecule has 0 aromatic carbocycles. The van der Waals surface area contributed by atoms with Crippen LogP contribution in [0.1, 0.15) is 27.7 Å². The van der Waals surface area contributed by atoms with Gasteiger partial charge in [0.25, 0.3) is 0 Å². The van der Waals surface area contributed by atoms with E-state index in [9.17, 15) is 24.0 Å². The summed E-state index contributed by atoms with van der Waals surface area (Å²) in [5.41, 5.74) is 0. The van der Waals surface area contributed by atoms with E-state index in [2.05, 4.69) is 10.1 Å². The van der Waals surface area contributed by atoms with Gasteiger partial charge in [0.05, 0.1) is 7.11 Å². The van der Waals surface area contributed by atoms with Crippen molar-refractivity contribution in [2.75, 3.05) is 13.7 Å². The molecule has 1 rings (SSSR count). The first-order valence-electron chi connectivity index (χ1n) is 8.20. The van der Waals surface area contributed by atoms with E-state index in [1.54, 1.807) is 0 Å². The zero-order valence-corrected chi connectivity index (χ0v) is 16.1. The second-order valence-electron chi connectivity index (χ2n) is 5.76. The second-order valence-corrected chi connectivity index (χ2v) is 5.76. The van der Waals surface area contributed by atoms with Crippen LogP contribution in [0.4, 0.5) is 4.79 Å². The highest BCUT2D eigenvalue weighted by Crippen LogP contribution is 2.28. The number of amides is 1. The predicted molar refractivity (Wildman–Crippen MR) is 87.5 cm³/mol. The van der Waals surface area contributed by atoms with E-state index in [1.165, 1.54) is 0 Å². The van der Waals surface area contributed by atoms with Gasteiger partial charge in [0.2, 0.25) is 0 Å². The number of rotatable bonds is 6. The summed E-state index contributed by atoms with van der Waals surface area (Å²) in [5.74, 6) is -2.94. The molecule has 158 valence electrons. The first-order valence-corrected chi connectivity index (χ1v) is 8.20. The topological polar surface area (TPSA) is 153 Å². The van der Waals surface area contributed by atoms with E-state index in [4.69, 9.17) is 23.7 Å². The van der Waals surface area contributed by atoms with E-state index in [1.807, 2.05) is 0 Å². The molecule has 12 nitrogen and oxygen atoms in total. The van der Waals surface area contributed by atoms with Gasteiger partial charge in [-0.15, -0.1) is 0 Å². The number of alkyl carbamates (subject to hydrolysis) is 1. The van der Waals surface area contributed by atoms with Crippen molar-refractivity contribution in [3.05, 3.63) is 0 Å². The van der Waals surface area contributed by atoms with Crippen molar-refractivity contribution in [1.82, 2.24) is 5.32 Å². The van der Waals surface area contributed by atoms with Gasteiger partial charge < -0.3 is 28.4 Å². The van der Waals surface area contributed by atoms with Gasteiger partial charge in [-0.2, -0.15) is 0 Å². The minimum Gasteiger partial charge on any atom is -0.463 e. The molecule has 0 aromatic rings. The fourth-order valence-electron chi connectivity index (χ4n) is 2.52. The Hall–Kier alpha value is -2.89. The summed E-state index contributed by atoms with van der Waals surface area (Å²) in [7, 11) is 1.10. The number of ether oxygens (including phenoxy) is 6. The van der Waals surface area contributed by atoms with Crippen LogP contribution in [0.2, 0.25) is 0 Å². The zero-order valence-electron chi connectivity index (χ0n) is 16.1. The zero-order chi connectivity index (χ0) is 21.4. The quantitative estimate of drug-likeness (QED) is 0.446. The Morgan fingerprint density at radius 2 is 1.29 bits per heavy atom. The van der Waals surface area contributed by atoms with Gasteiger partial charge in [0.15, 0.2) is 24.5 Å². The SMILES string of the molecule is COC(=O)N[C@@H]1O[C@H](COC(C)=O)[C@H](OC(C)=O)[C@H](OC(C)=O)[C@@H]1OC(C)=O. The van der Waals surface area contributed by atoms with Crippen molar-refractivity contribution >= 4 is 30.0 Å². The highest BCUT2D eigenvalue weighted by molar-refractivity contribution is 5.69. The van der Waals surface area contributed by atoms with Gasteiger partial charge >= 0.3 is 30.0 Å². The minimum absolute atomic E-state index is 0.392. The van der Waals surface area contributed by atoms with Crippen LogP contribution in [0, 0.1) is 0 Å². The van der Waals surface area contributed by atoms with Crippen LogP contribution in [0.25, 0.3) is 0 Å². The van der Waals surface area contributed by atoms with E-state index in [-0.39, 0.29) is 0 Å². The standard InChI is InChI=1S/C16H23NO11/c1-7(18)24-6-11-12(25-8(2)19)13(26-9(3)20)14(27-10(4)21)15(28-11)17-16(22)23-5/h11-15H,6H2,1-5H3,(H,17,22)/t11-,12+,13+,14+,15-/m1/s1. The molecule has 1 heterocycles. The summed E-state index contributed by atoms with van der Waals surface area (Å²) < 4.78 is 30.5. The molecule has 12 heteroatoms. The molecular formula is C16H23NO11. The highest BCUT2D eigenvalue weighted by Gasteiger charge is 2.52. The Labute approximate surface area is 160 Å². The minimum atomic E-state index is -1.38. The number of carbonyl (C=O) groups excluding carboxylic acids is 5. The third-order valence-corrected chi connectivity index (χ3v) is 3.44. The molecule has 0 aliphatic carbocycles. The Balaban J connectivity index is 3.30. The Morgan fingerprint density at radius 3 is 1.75 bits per heavy atom. The van der Waals surface area contributed by atoms with Crippen molar-refractivity contribution < 1.29 is 52.4 Å². The van der Waals surface area contributed by atoms with E-state index >= 15 is 0 Å². The molecule has 0 aromatic heterocycles.